The van der Waals surface area contributed by atoms with Crippen LogP contribution in [-0.4, -0.2) is 24.3 Å². The van der Waals surface area contributed by atoms with Gasteiger partial charge in [-0.15, -0.1) is 0 Å². The van der Waals surface area contributed by atoms with Crippen molar-refractivity contribution in [3.05, 3.63) is 0 Å². The number of halogens is 1. The fourth-order valence-electron chi connectivity index (χ4n) is 1.28. The molecule has 1 saturated heterocycles. The summed E-state index contributed by atoms with van der Waals surface area (Å²) in [7, 11) is -1.57. The minimum atomic E-state index is -1.57. The lowest BCUT2D eigenvalue weighted by Crippen LogP contribution is -2.33. The molecule has 0 radical (unpaired) electrons. The number of amides is 2. The second-order valence-electron chi connectivity index (χ2n) is 4.14. The summed E-state index contributed by atoms with van der Waals surface area (Å²) in [5.74, 6) is -0.463. The van der Waals surface area contributed by atoms with Crippen molar-refractivity contribution in [2.45, 2.75) is 31.6 Å². The predicted molar refractivity (Wildman–Crippen MR) is 49.4 cm³/mol. The Hall–Kier alpha value is -0.353. The second kappa shape index (κ2) is 2.85. The molecule has 0 N–H and O–H groups in total. The Morgan fingerprint density at radius 2 is 1.92 bits per heavy atom. The van der Waals surface area contributed by atoms with Gasteiger partial charge in [0.2, 0.25) is 11.8 Å². The van der Waals surface area contributed by atoms with E-state index in [2.05, 4.69) is 19.6 Å². The van der Waals surface area contributed by atoms with Crippen molar-refractivity contribution in [2.75, 3.05) is 0 Å². The van der Waals surface area contributed by atoms with E-state index >= 15 is 0 Å². The van der Waals surface area contributed by atoms with E-state index in [-0.39, 0.29) is 17.4 Å². The highest BCUT2D eigenvalue weighted by molar-refractivity contribution is 6.81. The first-order valence-corrected chi connectivity index (χ1v) is 7.78. The van der Waals surface area contributed by atoms with Crippen LogP contribution in [0.5, 0.6) is 0 Å². The van der Waals surface area contributed by atoms with Gasteiger partial charge in [0.1, 0.15) is 0 Å². The molecule has 1 aliphatic heterocycles. The summed E-state index contributed by atoms with van der Waals surface area (Å²) in [6.07, 6.45) is 0.304. The molecule has 1 unspecified atom stereocenters. The zero-order valence-corrected chi connectivity index (χ0v) is 9.18. The summed E-state index contributed by atoms with van der Waals surface area (Å²) in [5, 5.41) is 0. The average Bonchev–Trinajstić information content (AvgIpc) is 2.15. The molecule has 0 aromatic heterocycles. The van der Waals surface area contributed by atoms with Crippen molar-refractivity contribution in [1.82, 2.24) is 4.42 Å². The monoisotopic (exact) mass is 205 g/mol. The summed E-state index contributed by atoms with van der Waals surface area (Å²) >= 11 is 5.47. The van der Waals surface area contributed by atoms with E-state index in [1.165, 1.54) is 0 Å². The highest BCUT2D eigenvalue weighted by Gasteiger charge is 2.44. The minimum Gasteiger partial charge on any atom is -0.273 e. The van der Waals surface area contributed by atoms with Gasteiger partial charge in [-0.3, -0.25) is 9.59 Å². The van der Waals surface area contributed by atoms with Gasteiger partial charge >= 0.3 is 0 Å². The molecule has 1 heterocycles. The smallest absolute Gasteiger partial charge is 0.244 e. The van der Waals surface area contributed by atoms with E-state index in [1.807, 2.05) is 0 Å². The first-order chi connectivity index (χ1) is 5.34. The Morgan fingerprint density at radius 1 is 1.42 bits per heavy atom. The van der Waals surface area contributed by atoms with Crippen LogP contribution in [0.3, 0.4) is 0 Å². The predicted octanol–water partition coefficient (Wildman–Crippen LogP) is 1.61. The molecule has 0 spiro atoms. The quantitative estimate of drug-likeness (QED) is 0.371. The molecule has 68 valence electrons. The number of rotatable bonds is 1. The van der Waals surface area contributed by atoms with Gasteiger partial charge in [-0.25, -0.2) is 0 Å². The second-order valence-corrected chi connectivity index (χ2v) is 9.90. The maximum atomic E-state index is 11.4. The van der Waals surface area contributed by atoms with Crippen LogP contribution in [-0.2, 0) is 9.59 Å². The molecule has 1 rings (SSSR count). The van der Waals surface area contributed by atoms with Crippen molar-refractivity contribution in [3.8, 4) is 0 Å². The van der Waals surface area contributed by atoms with Crippen molar-refractivity contribution >= 4 is 31.7 Å². The maximum Gasteiger partial charge on any atom is 0.244 e. The van der Waals surface area contributed by atoms with E-state index < -0.39 is 8.07 Å². The SMILES string of the molecule is C[Si](C)(C)C1CC(=O)N(Cl)C1=O. The Balaban J connectivity index is 2.86. The van der Waals surface area contributed by atoms with Crippen LogP contribution in [0.25, 0.3) is 0 Å². The number of hydrogen-bond acceptors (Lipinski definition) is 2. The Labute approximate surface area is 77.8 Å². The zero-order chi connectivity index (χ0) is 9.52. The van der Waals surface area contributed by atoms with Crippen molar-refractivity contribution in [3.63, 3.8) is 0 Å². The van der Waals surface area contributed by atoms with E-state index in [1.54, 1.807) is 0 Å². The summed E-state index contributed by atoms with van der Waals surface area (Å²) in [5.41, 5.74) is -0.123. The lowest BCUT2D eigenvalue weighted by molar-refractivity contribution is -0.132. The van der Waals surface area contributed by atoms with Gasteiger partial charge in [-0.2, -0.15) is 4.42 Å². The molecule has 2 amide bonds. The fourth-order valence-corrected chi connectivity index (χ4v) is 3.20. The molecular weight excluding hydrogens is 194 g/mol. The van der Waals surface area contributed by atoms with E-state index in [9.17, 15) is 9.59 Å². The molecule has 0 bridgehead atoms. The van der Waals surface area contributed by atoms with Crippen LogP contribution in [0, 0.1) is 0 Å². The first-order valence-electron chi connectivity index (χ1n) is 3.86. The third kappa shape index (κ3) is 1.54. The number of carbonyl (C=O) groups excluding carboxylic acids is 2. The van der Waals surface area contributed by atoms with Crippen LogP contribution in [0.4, 0.5) is 0 Å². The van der Waals surface area contributed by atoms with E-state index in [0.717, 1.165) is 4.42 Å². The van der Waals surface area contributed by atoms with E-state index in [0.29, 0.717) is 6.42 Å². The Kier molecular flexibility index (Phi) is 2.31. The van der Waals surface area contributed by atoms with Crippen LogP contribution >= 0.6 is 11.8 Å². The van der Waals surface area contributed by atoms with Gasteiger partial charge in [0.15, 0.2) is 0 Å². The molecule has 0 aliphatic carbocycles. The van der Waals surface area contributed by atoms with Crippen LogP contribution in [0.15, 0.2) is 0 Å². The van der Waals surface area contributed by atoms with Crippen molar-refractivity contribution < 1.29 is 9.59 Å². The maximum absolute atomic E-state index is 11.4. The third-order valence-corrected chi connectivity index (χ3v) is 5.03. The largest absolute Gasteiger partial charge is 0.273 e. The van der Waals surface area contributed by atoms with Crippen LogP contribution < -0.4 is 0 Å². The topological polar surface area (TPSA) is 37.4 Å². The van der Waals surface area contributed by atoms with Crippen LogP contribution in [0.1, 0.15) is 6.42 Å². The Bertz CT molecular complexity index is 236. The standard InChI is InChI=1S/C7H12ClNO2Si/c1-12(2,3)5-4-6(10)9(8)7(5)11/h5H,4H2,1-3H3. The van der Waals surface area contributed by atoms with Crippen LogP contribution in [0.2, 0.25) is 25.2 Å². The molecule has 1 aliphatic rings. The Morgan fingerprint density at radius 3 is 2.08 bits per heavy atom. The van der Waals surface area contributed by atoms with Gasteiger partial charge in [0.25, 0.3) is 0 Å². The van der Waals surface area contributed by atoms with Gasteiger partial charge in [-0.1, -0.05) is 19.6 Å². The lowest BCUT2D eigenvalue weighted by atomic mass is 10.3. The zero-order valence-electron chi connectivity index (χ0n) is 7.43. The van der Waals surface area contributed by atoms with E-state index in [4.69, 9.17) is 11.8 Å². The molecular formula is C7H12ClNO2Si. The number of hydrogen-bond donors (Lipinski definition) is 0. The van der Waals surface area contributed by atoms with Gasteiger partial charge < -0.3 is 0 Å². The summed E-state index contributed by atoms with van der Waals surface area (Å²) < 4.78 is 0.739. The molecule has 0 saturated carbocycles. The number of carbonyl (C=O) groups is 2. The molecule has 12 heavy (non-hydrogen) atoms. The molecule has 1 fully saturated rings. The van der Waals surface area contributed by atoms with Gasteiger partial charge in [0, 0.05) is 23.7 Å². The fraction of sp³-hybridized carbons (Fsp3) is 0.714. The summed E-state index contributed by atoms with van der Waals surface area (Å²) in [6, 6.07) is 0. The third-order valence-electron chi connectivity index (χ3n) is 2.13. The highest BCUT2D eigenvalue weighted by atomic mass is 35.5. The summed E-state index contributed by atoms with van der Waals surface area (Å²) in [6.45, 7) is 6.21. The molecule has 3 nitrogen and oxygen atoms in total. The number of imide groups is 1. The molecule has 0 aromatic rings. The number of nitrogens with zero attached hydrogens (tertiary/aromatic N) is 1. The van der Waals surface area contributed by atoms with Crippen molar-refractivity contribution in [2.24, 2.45) is 0 Å². The molecule has 1 atom stereocenters. The molecule has 5 heteroatoms. The minimum absolute atomic E-state index is 0.123. The van der Waals surface area contributed by atoms with Gasteiger partial charge in [-0.05, 0) is 0 Å². The highest BCUT2D eigenvalue weighted by Crippen LogP contribution is 2.34. The normalized spacial score (nSPS) is 25.3. The van der Waals surface area contributed by atoms with Crippen molar-refractivity contribution in [1.29, 1.82) is 0 Å². The van der Waals surface area contributed by atoms with Gasteiger partial charge in [0.05, 0.1) is 8.07 Å². The average molecular weight is 206 g/mol. The lowest BCUT2D eigenvalue weighted by Gasteiger charge is -2.21. The molecule has 0 aromatic carbocycles. The first kappa shape index (κ1) is 9.73. The summed E-state index contributed by atoms with van der Waals surface area (Å²) in [4.78, 5) is 22.4.